The van der Waals surface area contributed by atoms with Gasteiger partial charge in [-0.2, -0.15) is 8.42 Å². The lowest BCUT2D eigenvalue weighted by Gasteiger charge is -2.10. The molecule has 0 spiro atoms. The third-order valence-electron chi connectivity index (χ3n) is 2.97. The minimum atomic E-state index is -3.93. The van der Waals surface area contributed by atoms with Crippen molar-refractivity contribution < 1.29 is 17.1 Å². The molecule has 0 radical (unpaired) electrons. The molecule has 0 atom stereocenters. The normalized spacial score (nSPS) is 11.6. The lowest BCUT2D eigenvalue weighted by molar-refractivity contribution is 0.389. The second-order valence-electron chi connectivity index (χ2n) is 4.39. The van der Waals surface area contributed by atoms with Gasteiger partial charge in [-0.15, -0.1) is 0 Å². The molecular weight excluding hydrogens is 266 g/mol. The van der Waals surface area contributed by atoms with Crippen LogP contribution in [0.15, 0.2) is 27.6 Å². The zero-order chi connectivity index (χ0) is 14.2. The summed E-state index contributed by atoms with van der Waals surface area (Å²) in [5.41, 5.74) is 2.05. The largest absolute Gasteiger partial charge is 0.379 e. The van der Waals surface area contributed by atoms with Gasteiger partial charge in [-0.25, -0.2) is 0 Å². The van der Waals surface area contributed by atoms with E-state index in [0.29, 0.717) is 11.4 Å². The molecule has 0 aliphatic heterocycles. The van der Waals surface area contributed by atoms with Gasteiger partial charge in [0, 0.05) is 0 Å². The minimum absolute atomic E-state index is 0.00611. The summed E-state index contributed by atoms with van der Waals surface area (Å²) in [4.78, 5) is -0.00611. The topological polar surface area (TPSA) is 69.4 Å². The number of aromatic nitrogens is 1. The van der Waals surface area contributed by atoms with Crippen molar-refractivity contribution in [2.45, 2.75) is 32.6 Å². The summed E-state index contributed by atoms with van der Waals surface area (Å²) in [5.74, 6) is 0.544. The van der Waals surface area contributed by atoms with Gasteiger partial charge in [0.15, 0.2) is 10.7 Å². The smallest absolute Gasteiger partial charge is 0.344 e. The Balaban J connectivity index is 2.46. The monoisotopic (exact) mass is 281 g/mol. The molecule has 2 rings (SSSR count). The molecule has 0 amide bonds. The summed E-state index contributed by atoms with van der Waals surface area (Å²) in [7, 11) is -3.93. The predicted octanol–water partition coefficient (Wildman–Crippen LogP) is 2.68. The van der Waals surface area contributed by atoms with Crippen LogP contribution in [0.2, 0.25) is 0 Å². The summed E-state index contributed by atoms with van der Waals surface area (Å²) in [6, 6.07) is 5.27. The molecule has 6 heteroatoms. The first-order chi connectivity index (χ1) is 8.83. The summed E-state index contributed by atoms with van der Waals surface area (Å²) in [6.07, 6.45) is 0. The van der Waals surface area contributed by atoms with E-state index in [4.69, 9.17) is 8.71 Å². The molecule has 0 unspecified atom stereocenters. The fraction of sp³-hybridized carbons (Fsp3) is 0.308. The molecule has 0 saturated carbocycles. The Morgan fingerprint density at radius 2 is 1.84 bits per heavy atom. The summed E-state index contributed by atoms with van der Waals surface area (Å²) in [5, 5.41) is 3.63. The Morgan fingerprint density at radius 3 is 2.42 bits per heavy atom. The van der Waals surface area contributed by atoms with E-state index in [9.17, 15) is 8.42 Å². The zero-order valence-electron chi connectivity index (χ0n) is 11.2. The van der Waals surface area contributed by atoms with E-state index < -0.39 is 10.1 Å². The molecule has 102 valence electrons. The van der Waals surface area contributed by atoms with Gasteiger partial charge in [-0.05, 0) is 44.9 Å². The van der Waals surface area contributed by atoms with E-state index in [1.165, 1.54) is 0 Å². The minimum Gasteiger partial charge on any atom is -0.379 e. The van der Waals surface area contributed by atoms with Gasteiger partial charge in [0.25, 0.3) is 0 Å². The molecule has 0 N–H and O–H groups in total. The Bertz CT molecular complexity index is 697. The van der Waals surface area contributed by atoms with E-state index in [1.54, 1.807) is 26.0 Å². The van der Waals surface area contributed by atoms with Gasteiger partial charge >= 0.3 is 10.1 Å². The molecule has 19 heavy (non-hydrogen) atoms. The van der Waals surface area contributed by atoms with Crippen molar-refractivity contribution in [3.8, 4) is 5.75 Å². The van der Waals surface area contributed by atoms with Crippen LogP contribution in [0.3, 0.4) is 0 Å². The van der Waals surface area contributed by atoms with Crippen molar-refractivity contribution in [3.05, 3.63) is 40.8 Å². The van der Waals surface area contributed by atoms with E-state index in [-0.39, 0.29) is 10.7 Å². The molecule has 0 saturated heterocycles. The standard InChI is InChI=1S/C13H15NO4S/c1-8-6-5-7-12(9(8)2)18-19(15,16)13-10(3)14-17-11(13)4/h5-7H,1-4H3. The summed E-state index contributed by atoms with van der Waals surface area (Å²) in [6.45, 7) is 6.81. The molecule has 1 aromatic carbocycles. The summed E-state index contributed by atoms with van der Waals surface area (Å²) < 4.78 is 34.5. The van der Waals surface area contributed by atoms with E-state index in [0.717, 1.165) is 11.1 Å². The van der Waals surface area contributed by atoms with E-state index in [2.05, 4.69) is 5.16 Å². The SMILES string of the molecule is Cc1cccc(OS(=O)(=O)c2c(C)noc2C)c1C. The maximum atomic E-state index is 12.2. The third kappa shape index (κ3) is 2.49. The predicted molar refractivity (Wildman–Crippen MR) is 69.7 cm³/mol. The Morgan fingerprint density at radius 1 is 1.16 bits per heavy atom. The molecule has 0 aliphatic carbocycles. The van der Waals surface area contributed by atoms with Crippen molar-refractivity contribution in [1.82, 2.24) is 5.16 Å². The highest BCUT2D eigenvalue weighted by molar-refractivity contribution is 7.87. The van der Waals surface area contributed by atoms with Gasteiger partial charge < -0.3 is 8.71 Å². The second-order valence-corrected chi connectivity index (χ2v) is 5.87. The Labute approximate surface area is 112 Å². The maximum Gasteiger partial charge on any atom is 0.344 e. The number of hydrogen-bond donors (Lipinski definition) is 0. The van der Waals surface area contributed by atoms with Crippen LogP contribution in [0, 0.1) is 27.7 Å². The van der Waals surface area contributed by atoms with Gasteiger partial charge in [-0.3, -0.25) is 0 Å². The van der Waals surface area contributed by atoms with Gasteiger partial charge in [-0.1, -0.05) is 17.3 Å². The van der Waals surface area contributed by atoms with Crippen molar-refractivity contribution in [1.29, 1.82) is 0 Å². The maximum absolute atomic E-state index is 12.2. The van der Waals surface area contributed by atoms with Gasteiger partial charge in [0.1, 0.15) is 11.4 Å². The average molecular weight is 281 g/mol. The molecular formula is C13H15NO4S. The highest BCUT2D eigenvalue weighted by Crippen LogP contribution is 2.27. The van der Waals surface area contributed by atoms with Crippen molar-refractivity contribution >= 4 is 10.1 Å². The fourth-order valence-corrected chi connectivity index (χ4v) is 3.09. The zero-order valence-corrected chi connectivity index (χ0v) is 12.0. The van der Waals surface area contributed by atoms with Gasteiger partial charge in [0.2, 0.25) is 0 Å². The average Bonchev–Trinajstić information content (AvgIpc) is 2.65. The van der Waals surface area contributed by atoms with Crippen LogP contribution in [0.25, 0.3) is 0 Å². The van der Waals surface area contributed by atoms with Crippen LogP contribution < -0.4 is 4.18 Å². The van der Waals surface area contributed by atoms with Crippen LogP contribution >= 0.6 is 0 Å². The highest BCUT2D eigenvalue weighted by Gasteiger charge is 2.26. The van der Waals surface area contributed by atoms with Crippen LogP contribution in [0.4, 0.5) is 0 Å². The van der Waals surface area contributed by atoms with Crippen molar-refractivity contribution in [3.63, 3.8) is 0 Å². The quantitative estimate of drug-likeness (QED) is 0.809. The number of hydrogen-bond acceptors (Lipinski definition) is 5. The summed E-state index contributed by atoms with van der Waals surface area (Å²) >= 11 is 0. The van der Waals surface area contributed by atoms with Crippen LogP contribution in [-0.2, 0) is 10.1 Å². The molecule has 1 heterocycles. The van der Waals surface area contributed by atoms with Crippen molar-refractivity contribution in [2.75, 3.05) is 0 Å². The first-order valence-electron chi connectivity index (χ1n) is 5.76. The lowest BCUT2D eigenvalue weighted by Crippen LogP contribution is -2.12. The van der Waals surface area contributed by atoms with Crippen LogP contribution in [0.1, 0.15) is 22.6 Å². The van der Waals surface area contributed by atoms with E-state index in [1.807, 2.05) is 19.9 Å². The third-order valence-corrected chi connectivity index (χ3v) is 4.45. The highest BCUT2D eigenvalue weighted by atomic mass is 32.2. The lowest BCUT2D eigenvalue weighted by atomic mass is 10.1. The molecule has 1 aromatic heterocycles. The number of rotatable bonds is 3. The molecule has 0 bridgehead atoms. The first-order valence-corrected chi connectivity index (χ1v) is 7.17. The number of aryl methyl sites for hydroxylation is 3. The van der Waals surface area contributed by atoms with Crippen molar-refractivity contribution in [2.24, 2.45) is 0 Å². The van der Waals surface area contributed by atoms with E-state index >= 15 is 0 Å². The fourth-order valence-electron chi connectivity index (χ4n) is 1.81. The molecule has 0 aliphatic rings. The molecule has 2 aromatic rings. The van der Waals surface area contributed by atoms with Crippen LogP contribution in [0.5, 0.6) is 5.75 Å². The second kappa shape index (κ2) is 4.70. The molecule has 5 nitrogen and oxygen atoms in total. The number of nitrogens with zero attached hydrogens (tertiary/aromatic N) is 1. The first kappa shape index (κ1) is 13.6. The Hall–Kier alpha value is -1.82. The van der Waals surface area contributed by atoms with Crippen LogP contribution in [-0.4, -0.2) is 13.6 Å². The van der Waals surface area contributed by atoms with Gasteiger partial charge in [0.05, 0.1) is 0 Å². The Kier molecular flexibility index (Phi) is 3.36. The number of benzene rings is 1. The molecule has 0 fully saturated rings.